The van der Waals surface area contributed by atoms with Gasteiger partial charge in [-0.3, -0.25) is 4.79 Å². The fourth-order valence-corrected chi connectivity index (χ4v) is 2.68. The third-order valence-electron chi connectivity index (χ3n) is 4.27. The number of aliphatic hydroxyl groups is 1. The van der Waals surface area contributed by atoms with Crippen LogP contribution in [-0.4, -0.2) is 16.5 Å². The van der Waals surface area contributed by atoms with Crippen molar-refractivity contribution in [3.8, 4) is 0 Å². The zero-order chi connectivity index (χ0) is 13.5. The van der Waals surface area contributed by atoms with Gasteiger partial charge in [0.05, 0.1) is 5.41 Å². The van der Waals surface area contributed by atoms with Crippen LogP contribution in [0.5, 0.6) is 0 Å². The van der Waals surface area contributed by atoms with E-state index in [0.717, 1.165) is 5.57 Å². The Bertz CT molecular complexity index is 374. The molecule has 0 aromatic rings. The van der Waals surface area contributed by atoms with Crippen LogP contribution in [0.4, 0.5) is 0 Å². The van der Waals surface area contributed by atoms with Crippen molar-refractivity contribution in [1.82, 2.24) is 0 Å². The van der Waals surface area contributed by atoms with Gasteiger partial charge in [0.15, 0.2) is 0 Å². The number of carbonyl (C=O) groups excluding carboxylic acids is 1. The molecule has 96 valence electrons. The monoisotopic (exact) mass is 236 g/mol. The number of rotatable bonds is 2. The number of Topliss-reactive ketones (excluding diaryl/α,β-unsaturated/α-hetero) is 1. The lowest BCUT2D eigenvalue weighted by Crippen LogP contribution is -2.60. The van der Waals surface area contributed by atoms with E-state index in [4.69, 9.17) is 0 Å². The smallest absolute Gasteiger partial charge is 0.141 e. The number of carbonyl (C=O) groups is 1. The zero-order valence-corrected chi connectivity index (χ0v) is 11.6. The van der Waals surface area contributed by atoms with Crippen LogP contribution >= 0.6 is 0 Å². The van der Waals surface area contributed by atoms with Crippen molar-refractivity contribution in [3.05, 3.63) is 24.3 Å². The summed E-state index contributed by atoms with van der Waals surface area (Å²) in [7, 11) is 0. The molecule has 1 aliphatic carbocycles. The maximum Gasteiger partial charge on any atom is 0.141 e. The molecule has 0 aromatic carbocycles. The van der Waals surface area contributed by atoms with Crippen molar-refractivity contribution >= 4 is 5.78 Å². The van der Waals surface area contributed by atoms with E-state index in [-0.39, 0.29) is 11.2 Å². The van der Waals surface area contributed by atoms with Gasteiger partial charge < -0.3 is 5.11 Å². The molecule has 17 heavy (non-hydrogen) atoms. The second-order valence-electron chi connectivity index (χ2n) is 6.38. The van der Waals surface area contributed by atoms with Crippen LogP contribution in [0.25, 0.3) is 0 Å². The summed E-state index contributed by atoms with van der Waals surface area (Å²) in [6.45, 7) is 13.4. The van der Waals surface area contributed by atoms with E-state index < -0.39 is 11.0 Å². The van der Waals surface area contributed by atoms with E-state index in [0.29, 0.717) is 12.8 Å². The predicted octanol–water partition coefficient (Wildman–Crippen LogP) is 3.27. The number of hydrogen-bond donors (Lipinski definition) is 1. The third-order valence-corrected chi connectivity index (χ3v) is 4.27. The van der Waals surface area contributed by atoms with Crippen molar-refractivity contribution < 1.29 is 9.90 Å². The Hall–Kier alpha value is -0.890. The average Bonchev–Trinajstić information content (AvgIpc) is 2.20. The zero-order valence-electron chi connectivity index (χ0n) is 11.6. The molecule has 0 saturated heterocycles. The Morgan fingerprint density at radius 2 is 1.88 bits per heavy atom. The fourth-order valence-electron chi connectivity index (χ4n) is 2.68. The minimum absolute atomic E-state index is 0.130. The molecule has 0 bridgehead atoms. The molecule has 1 unspecified atom stereocenters. The first-order chi connectivity index (χ1) is 7.54. The molecule has 1 fully saturated rings. The van der Waals surface area contributed by atoms with Gasteiger partial charge in [-0.15, -0.1) is 0 Å². The van der Waals surface area contributed by atoms with Gasteiger partial charge >= 0.3 is 0 Å². The molecule has 1 saturated carbocycles. The molecule has 1 atom stereocenters. The van der Waals surface area contributed by atoms with E-state index >= 15 is 0 Å². The van der Waals surface area contributed by atoms with Gasteiger partial charge in [0, 0.05) is 6.42 Å². The molecule has 1 N–H and O–H groups in total. The van der Waals surface area contributed by atoms with Gasteiger partial charge in [-0.25, -0.2) is 0 Å². The van der Waals surface area contributed by atoms with E-state index in [9.17, 15) is 9.90 Å². The molecular formula is C15H24O2. The Morgan fingerprint density at radius 3 is 2.35 bits per heavy atom. The van der Waals surface area contributed by atoms with E-state index in [2.05, 4.69) is 6.58 Å². The van der Waals surface area contributed by atoms with Crippen LogP contribution in [-0.2, 0) is 4.79 Å². The summed E-state index contributed by atoms with van der Waals surface area (Å²) < 4.78 is 0. The van der Waals surface area contributed by atoms with Crippen LogP contribution in [0.2, 0.25) is 0 Å². The first-order valence-corrected chi connectivity index (χ1v) is 6.15. The Balaban J connectivity index is 3.29. The molecule has 2 nitrogen and oxygen atoms in total. The highest BCUT2D eigenvalue weighted by atomic mass is 16.3. The van der Waals surface area contributed by atoms with Gasteiger partial charge in [-0.2, -0.15) is 0 Å². The quantitative estimate of drug-likeness (QED) is 0.747. The largest absolute Gasteiger partial charge is 0.384 e. The normalized spacial score (nSPS) is 31.8. The predicted molar refractivity (Wildman–Crippen MR) is 70.7 cm³/mol. The Labute approximate surface area is 104 Å². The summed E-state index contributed by atoms with van der Waals surface area (Å²) >= 11 is 0. The highest BCUT2D eigenvalue weighted by Gasteiger charge is 2.58. The molecule has 1 aliphatic rings. The number of ketones is 1. The number of allylic oxidation sites excluding steroid dienone is 2. The van der Waals surface area contributed by atoms with Crippen LogP contribution in [0.3, 0.4) is 0 Å². The topological polar surface area (TPSA) is 37.3 Å². The minimum Gasteiger partial charge on any atom is -0.384 e. The second-order valence-corrected chi connectivity index (χ2v) is 6.38. The van der Waals surface area contributed by atoms with Crippen LogP contribution < -0.4 is 0 Å². The second kappa shape index (κ2) is 4.09. The summed E-state index contributed by atoms with van der Waals surface area (Å²) in [6.07, 6.45) is 4.82. The molecule has 0 aromatic heterocycles. The molecule has 0 heterocycles. The maximum atomic E-state index is 12.0. The minimum atomic E-state index is -1.12. The van der Waals surface area contributed by atoms with Gasteiger partial charge in [0.25, 0.3) is 0 Å². The summed E-state index contributed by atoms with van der Waals surface area (Å²) in [5.74, 6) is 0.130. The molecule has 2 heteroatoms. The SMILES string of the molecule is C=C(C)/C=C/C1(O)C(C)(C)CCC(=O)C1(C)C. The van der Waals surface area contributed by atoms with Crippen molar-refractivity contribution in [1.29, 1.82) is 0 Å². The molecule has 1 rings (SSSR count). The Morgan fingerprint density at radius 1 is 1.35 bits per heavy atom. The van der Waals surface area contributed by atoms with Gasteiger partial charge in [-0.1, -0.05) is 38.2 Å². The van der Waals surface area contributed by atoms with Crippen LogP contribution in [0.1, 0.15) is 47.5 Å². The fraction of sp³-hybridized carbons (Fsp3) is 0.667. The summed E-state index contributed by atoms with van der Waals surface area (Å²) in [6, 6.07) is 0. The van der Waals surface area contributed by atoms with E-state index in [1.807, 2.05) is 40.7 Å². The number of hydrogen-bond acceptors (Lipinski definition) is 2. The van der Waals surface area contributed by atoms with E-state index in [1.54, 1.807) is 6.08 Å². The van der Waals surface area contributed by atoms with E-state index in [1.165, 1.54) is 0 Å². The highest BCUT2D eigenvalue weighted by Crippen LogP contribution is 2.52. The van der Waals surface area contributed by atoms with Crippen molar-refractivity contribution in [2.45, 2.75) is 53.1 Å². The van der Waals surface area contributed by atoms with Crippen LogP contribution in [0.15, 0.2) is 24.3 Å². The first kappa shape index (κ1) is 14.2. The van der Waals surface area contributed by atoms with Crippen molar-refractivity contribution in [2.24, 2.45) is 10.8 Å². The highest BCUT2D eigenvalue weighted by molar-refractivity contribution is 5.87. The van der Waals surface area contributed by atoms with Crippen LogP contribution in [0, 0.1) is 10.8 Å². The third kappa shape index (κ3) is 2.11. The van der Waals surface area contributed by atoms with Gasteiger partial charge in [-0.05, 0) is 32.6 Å². The molecule has 0 aliphatic heterocycles. The molecular weight excluding hydrogens is 212 g/mol. The Kier molecular flexibility index (Phi) is 3.41. The lowest BCUT2D eigenvalue weighted by Gasteiger charge is -2.53. The lowest BCUT2D eigenvalue weighted by atomic mass is 9.53. The van der Waals surface area contributed by atoms with Crippen molar-refractivity contribution in [2.75, 3.05) is 0 Å². The average molecular weight is 236 g/mol. The molecule has 0 amide bonds. The van der Waals surface area contributed by atoms with Gasteiger partial charge in [0.1, 0.15) is 11.4 Å². The molecule has 0 spiro atoms. The lowest BCUT2D eigenvalue weighted by molar-refractivity contribution is -0.167. The standard InChI is InChI=1S/C15H24O2/c1-11(2)7-10-15(17)13(3,4)9-8-12(16)14(15,5)6/h7,10,17H,1,8-9H2,2-6H3/b10-7+. The molecule has 0 radical (unpaired) electrons. The first-order valence-electron chi connectivity index (χ1n) is 6.15. The summed E-state index contributed by atoms with van der Waals surface area (Å²) in [5, 5.41) is 11.0. The maximum absolute atomic E-state index is 12.0. The summed E-state index contributed by atoms with van der Waals surface area (Å²) in [4.78, 5) is 12.0. The summed E-state index contributed by atoms with van der Waals surface area (Å²) in [5.41, 5.74) is -1.30. The van der Waals surface area contributed by atoms with Crippen molar-refractivity contribution in [3.63, 3.8) is 0 Å². The van der Waals surface area contributed by atoms with Gasteiger partial charge in [0.2, 0.25) is 0 Å².